The summed E-state index contributed by atoms with van der Waals surface area (Å²) in [7, 11) is -2.08. The van der Waals surface area contributed by atoms with E-state index in [4.69, 9.17) is 13.9 Å². The van der Waals surface area contributed by atoms with Crippen molar-refractivity contribution in [1.82, 2.24) is 0 Å². The SMILES string of the molecule is C=C1C(OC=O)CC(O[Si](C)(C)C(C)(C)C)C1COC(=O)c1ccc(-c2ccccc2)cc1. The standard InChI is InChI=1S/C27H34O5Si/c1-19-23(25(16-24(19)31-18-28)32-33(5,6)27(2,3)4)17-30-26(29)22-14-12-21(13-15-22)20-10-8-7-9-11-20/h7-15,18,23-25H,1,16-17H2,2-6H3. The van der Waals surface area contributed by atoms with E-state index in [1.165, 1.54) is 0 Å². The minimum atomic E-state index is -2.08. The Balaban J connectivity index is 1.69. The monoisotopic (exact) mass is 466 g/mol. The summed E-state index contributed by atoms with van der Waals surface area (Å²) in [6.45, 7) is 15.6. The molecule has 3 rings (SSSR count). The highest BCUT2D eigenvalue weighted by Crippen LogP contribution is 2.42. The molecule has 0 bridgehead atoms. The Bertz CT molecular complexity index is 976. The first-order valence-corrected chi connectivity index (χ1v) is 14.2. The molecule has 1 saturated carbocycles. The first-order chi connectivity index (χ1) is 15.5. The van der Waals surface area contributed by atoms with Gasteiger partial charge < -0.3 is 13.9 Å². The van der Waals surface area contributed by atoms with Crippen LogP contribution in [0.4, 0.5) is 0 Å². The fourth-order valence-corrected chi connectivity index (χ4v) is 5.16. The molecule has 0 saturated heterocycles. The van der Waals surface area contributed by atoms with Crippen LogP contribution in [0.1, 0.15) is 37.6 Å². The Morgan fingerprint density at radius 2 is 1.67 bits per heavy atom. The zero-order chi connectivity index (χ0) is 24.2. The van der Waals surface area contributed by atoms with E-state index in [2.05, 4.69) is 40.4 Å². The van der Waals surface area contributed by atoms with Crippen molar-refractivity contribution in [2.45, 2.75) is 57.5 Å². The highest BCUT2D eigenvalue weighted by atomic mass is 28.4. The zero-order valence-corrected chi connectivity index (χ0v) is 21.2. The Labute approximate surface area is 197 Å². The number of carbonyl (C=O) groups is 2. The number of esters is 1. The van der Waals surface area contributed by atoms with Gasteiger partial charge >= 0.3 is 5.97 Å². The highest BCUT2D eigenvalue weighted by Gasteiger charge is 2.46. The minimum absolute atomic E-state index is 0.0274. The maximum absolute atomic E-state index is 12.7. The molecule has 0 amide bonds. The first-order valence-electron chi connectivity index (χ1n) is 11.3. The molecule has 33 heavy (non-hydrogen) atoms. The summed E-state index contributed by atoms with van der Waals surface area (Å²) in [5, 5.41) is 0.0274. The fourth-order valence-electron chi connectivity index (χ4n) is 3.79. The molecular weight excluding hydrogens is 432 g/mol. The van der Waals surface area contributed by atoms with Crippen LogP contribution in [0.3, 0.4) is 0 Å². The van der Waals surface area contributed by atoms with Crippen molar-refractivity contribution in [2.24, 2.45) is 5.92 Å². The van der Waals surface area contributed by atoms with Crippen molar-refractivity contribution < 1.29 is 23.5 Å². The van der Waals surface area contributed by atoms with Crippen LogP contribution < -0.4 is 0 Å². The molecule has 0 N–H and O–H groups in total. The van der Waals surface area contributed by atoms with E-state index in [9.17, 15) is 9.59 Å². The van der Waals surface area contributed by atoms with Crippen molar-refractivity contribution in [3.63, 3.8) is 0 Å². The average Bonchev–Trinajstić information content (AvgIpc) is 3.05. The predicted octanol–water partition coefficient (Wildman–Crippen LogP) is 6.02. The van der Waals surface area contributed by atoms with E-state index in [0.717, 1.165) is 16.7 Å². The first kappa shape index (κ1) is 24.9. The number of carbonyl (C=O) groups excluding carboxylic acids is 2. The van der Waals surface area contributed by atoms with Crippen LogP contribution in [0.5, 0.6) is 0 Å². The van der Waals surface area contributed by atoms with Gasteiger partial charge in [0, 0.05) is 12.3 Å². The van der Waals surface area contributed by atoms with Crippen LogP contribution in [-0.2, 0) is 18.7 Å². The van der Waals surface area contributed by atoms with Gasteiger partial charge in [-0.2, -0.15) is 0 Å². The lowest BCUT2D eigenvalue weighted by molar-refractivity contribution is -0.132. The van der Waals surface area contributed by atoms with Crippen molar-refractivity contribution in [2.75, 3.05) is 6.61 Å². The van der Waals surface area contributed by atoms with Crippen molar-refractivity contribution in [3.8, 4) is 11.1 Å². The van der Waals surface area contributed by atoms with Gasteiger partial charge in [-0.05, 0) is 47.0 Å². The van der Waals surface area contributed by atoms with Crippen LogP contribution in [0, 0.1) is 5.92 Å². The number of benzene rings is 2. The van der Waals surface area contributed by atoms with E-state index in [1.54, 1.807) is 12.1 Å². The molecule has 0 radical (unpaired) electrons. The van der Waals surface area contributed by atoms with Crippen LogP contribution in [-0.4, -0.2) is 39.6 Å². The molecule has 1 aliphatic carbocycles. The topological polar surface area (TPSA) is 61.8 Å². The van der Waals surface area contributed by atoms with Gasteiger partial charge in [-0.1, -0.05) is 69.8 Å². The smallest absolute Gasteiger partial charge is 0.338 e. The molecule has 5 nitrogen and oxygen atoms in total. The minimum Gasteiger partial charge on any atom is -0.461 e. The van der Waals surface area contributed by atoms with E-state index < -0.39 is 20.4 Å². The second-order valence-corrected chi connectivity index (χ2v) is 14.9. The Morgan fingerprint density at radius 1 is 1.06 bits per heavy atom. The summed E-state index contributed by atoms with van der Waals surface area (Å²) in [5.41, 5.74) is 3.35. The van der Waals surface area contributed by atoms with Crippen molar-refractivity contribution in [3.05, 3.63) is 72.3 Å². The molecule has 2 aromatic rings. The van der Waals surface area contributed by atoms with Gasteiger partial charge in [-0.3, -0.25) is 4.79 Å². The third kappa shape index (κ3) is 5.81. The van der Waals surface area contributed by atoms with Gasteiger partial charge in [0.25, 0.3) is 6.47 Å². The van der Waals surface area contributed by atoms with Crippen LogP contribution >= 0.6 is 0 Å². The second kappa shape index (κ2) is 10.1. The van der Waals surface area contributed by atoms with E-state index in [0.29, 0.717) is 18.5 Å². The summed E-state index contributed by atoms with van der Waals surface area (Å²) in [5.74, 6) is -0.620. The molecule has 0 aliphatic heterocycles. The fraction of sp³-hybridized carbons (Fsp3) is 0.407. The lowest BCUT2D eigenvalue weighted by Gasteiger charge is -2.39. The van der Waals surface area contributed by atoms with Gasteiger partial charge in [-0.15, -0.1) is 0 Å². The van der Waals surface area contributed by atoms with E-state index in [1.807, 2.05) is 42.5 Å². The lowest BCUT2D eigenvalue weighted by atomic mass is 10.0. The van der Waals surface area contributed by atoms with E-state index >= 15 is 0 Å². The molecule has 0 aromatic heterocycles. The quantitative estimate of drug-likeness (QED) is 0.206. The van der Waals surface area contributed by atoms with Gasteiger partial charge in [0.2, 0.25) is 0 Å². The summed E-state index contributed by atoms with van der Waals surface area (Å²) < 4.78 is 17.5. The maximum Gasteiger partial charge on any atom is 0.338 e. The zero-order valence-electron chi connectivity index (χ0n) is 20.2. The Morgan fingerprint density at radius 3 is 2.24 bits per heavy atom. The molecule has 3 unspecified atom stereocenters. The molecule has 176 valence electrons. The number of rotatable bonds is 8. The predicted molar refractivity (Wildman–Crippen MR) is 132 cm³/mol. The molecule has 0 spiro atoms. The lowest BCUT2D eigenvalue weighted by Crippen LogP contribution is -2.45. The van der Waals surface area contributed by atoms with Crippen LogP contribution in [0.2, 0.25) is 18.1 Å². The van der Waals surface area contributed by atoms with E-state index in [-0.39, 0.29) is 23.7 Å². The average molecular weight is 467 g/mol. The number of hydrogen-bond donors (Lipinski definition) is 0. The highest BCUT2D eigenvalue weighted by molar-refractivity contribution is 6.74. The molecular formula is C27H34O5Si. The molecule has 1 fully saturated rings. The van der Waals surface area contributed by atoms with Gasteiger partial charge in [0.15, 0.2) is 8.32 Å². The molecule has 1 aliphatic rings. The van der Waals surface area contributed by atoms with Crippen LogP contribution in [0.25, 0.3) is 11.1 Å². The Hall–Kier alpha value is -2.70. The number of hydrogen-bond acceptors (Lipinski definition) is 5. The Kier molecular flexibility index (Phi) is 7.60. The third-order valence-electron chi connectivity index (χ3n) is 6.88. The van der Waals surface area contributed by atoms with Crippen LogP contribution in [0.15, 0.2) is 66.7 Å². The maximum atomic E-state index is 12.7. The van der Waals surface area contributed by atoms with Gasteiger partial charge in [0.05, 0.1) is 11.7 Å². The normalized spacial score (nSPS) is 21.0. The van der Waals surface area contributed by atoms with Gasteiger partial charge in [0.1, 0.15) is 12.7 Å². The second-order valence-electron chi connectivity index (χ2n) is 10.1. The molecule has 0 heterocycles. The van der Waals surface area contributed by atoms with Crippen molar-refractivity contribution in [1.29, 1.82) is 0 Å². The molecule has 6 heteroatoms. The summed E-state index contributed by atoms with van der Waals surface area (Å²) >= 11 is 0. The summed E-state index contributed by atoms with van der Waals surface area (Å²) in [6, 6.07) is 17.4. The third-order valence-corrected chi connectivity index (χ3v) is 11.4. The summed E-state index contributed by atoms with van der Waals surface area (Å²) in [6.07, 6.45) is -0.110. The molecule has 3 atom stereocenters. The van der Waals surface area contributed by atoms with Crippen molar-refractivity contribution >= 4 is 20.8 Å². The largest absolute Gasteiger partial charge is 0.461 e. The molecule has 2 aromatic carbocycles. The summed E-state index contributed by atoms with van der Waals surface area (Å²) in [4.78, 5) is 23.7. The van der Waals surface area contributed by atoms with Gasteiger partial charge in [-0.25, -0.2) is 4.79 Å². The number of ether oxygens (including phenoxy) is 2.